The summed E-state index contributed by atoms with van der Waals surface area (Å²) in [5.41, 5.74) is 3.25. The minimum Gasteiger partial charge on any atom is -0.508 e. The van der Waals surface area contributed by atoms with Crippen molar-refractivity contribution >= 4 is 53.3 Å². The Bertz CT molecular complexity index is 1230. The standard InChI is InChI=1S/C21H17Br2N3O3S/c22-14-3-1-13(2-4-14)19-12-20(18-11-15(23)5-10-21(18)27)26(25-19)16-6-8-17(9-7-16)30(24,28)29/h1-11,20,27H,12H2,(H2,24,28,29). The third kappa shape index (κ3) is 4.29. The fraction of sp³-hybridized carbons (Fsp3) is 0.0952. The maximum absolute atomic E-state index is 11.6. The number of rotatable bonds is 4. The molecule has 1 heterocycles. The Morgan fingerprint density at radius 3 is 2.23 bits per heavy atom. The van der Waals surface area contributed by atoms with Gasteiger partial charge >= 0.3 is 0 Å². The zero-order chi connectivity index (χ0) is 21.5. The molecule has 1 aliphatic rings. The van der Waals surface area contributed by atoms with Crippen LogP contribution in [0.15, 0.2) is 85.7 Å². The molecule has 1 aliphatic heterocycles. The first-order valence-electron chi connectivity index (χ1n) is 8.96. The fourth-order valence-electron chi connectivity index (χ4n) is 3.39. The number of phenols is 1. The monoisotopic (exact) mass is 549 g/mol. The highest BCUT2D eigenvalue weighted by Crippen LogP contribution is 2.41. The molecule has 3 aromatic rings. The van der Waals surface area contributed by atoms with Gasteiger partial charge in [-0.2, -0.15) is 5.10 Å². The van der Waals surface area contributed by atoms with Crippen LogP contribution in [0.3, 0.4) is 0 Å². The van der Waals surface area contributed by atoms with Crippen LogP contribution < -0.4 is 10.1 Å². The van der Waals surface area contributed by atoms with Gasteiger partial charge in [0, 0.05) is 20.9 Å². The molecule has 3 aromatic carbocycles. The second-order valence-corrected chi connectivity index (χ2v) is 10.3. The average Bonchev–Trinajstić information content (AvgIpc) is 3.15. The zero-order valence-corrected chi connectivity index (χ0v) is 19.5. The summed E-state index contributed by atoms with van der Waals surface area (Å²) >= 11 is 6.91. The molecule has 0 bridgehead atoms. The summed E-state index contributed by atoms with van der Waals surface area (Å²) < 4.78 is 25.0. The quantitative estimate of drug-likeness (QED) is 0.482. The van der Waals surface area contributed by atoms with E-state index in [1.807, 2.05) is 30.3 Å². The summed E-state index contributed by atoms with van der Waals surface area (Å²) in [5.74, 6) is 0.168. The number of primary sulfonamides is 1. The van der Waals surface area contributed by atoms with E-state index >= 15 is 0 Å². The first-order chi connectivity index (χ1) is 14.2. The molecule has 4 rings (SSSR count). The summed E-state index contributed by atoms with van der Waals surface area (Å²) in [6.45, 7) is 0. The largest absolute Gasteiger partial charge is 0.508 e. The predicted octanol–water partition coefficient (Wildman–Crippen LogP) is 4.92. The van der Waals surface area contributed by atoms with Gasteiger partial charge in [0.2, 0.25) is 10.0 Å². The molecule has 3 N–H and O–H groups in total. The number of sulfonamides is 1. The van der Waals surface area contributed by atoms with E-state index in [1.54, 1.807) is 29.3 Å². The Morgan fingerprint density at radius 2 is 1.60 bits per heavy atom. The van der Waals surface area contributed by atoms with E-state index in [9.17, 15) is 13.5 Å². The van der Waals surface area contributed by atoms with E-state index in [0.29, 0.717) is 12.1 Å². The van der Waals surface area contributed by atoms with Crippen LogP contribution in [0.1, 0.15) is 23.6 Å². The van der Waals surface area contributed by atoms with Crippen LogP contribution >= 0.6 is 31.9 Å². The van der Waals surface area contributed by atoms with Crippen molar-refractivity contribution in [1.82, 2.24) is 0 Å². The normalized spacial score (nSPS) is 16.6. The molecule has 0 amide bonds. The second kappa shape index (κ2) is 8.14. The molecule has 0 spiro atoms. The average molecular weight is 551 g/mol. The van der Waals surface area contributed by atoms with Crippen molar-refractivity contribution in [1.29, 1.82) is 0 Å². The molecular formula is C21H17Br2N3O3S. The van der Waals surface area contributed by atoms with E-state index in [0.717, 1.165) is 25.8 Å². The van der Waals surface area contributed by atoms with Gasteiger partial charge in [0.15, 0.2) is 0 Å². The van der Waals surface area contributed by atoms with Crippen LogP contribution in [0.2, 0.25) is 0 Å². The highest BCUT2D eigenvalue weighted by Gasteiger charge is 2.32. The number of nitrogens with two attached hydrogens (primary N) is 1. The van der Waals surface area contributed by atoms with E-state index in [-0.39, 0.29) is 16.7 Å². The highest BCUT2D eigenvalue weighted by molar-refractivity contribution is 9.10. The lowest BCUT2D eigenvalue weighted by Gasteiger charge is -2.25. The van der Waals surface area contributed by atoms with Gasteiger partial charge in [0.05, 0.1) is 22.3 Å². The van der Waals surface area contributed by atoms with Crippen molar-refractivity contribution in [3.05, 3.63) is 86.8 Å². The van der Waals surface area contributed by atoms with Gasteiger partial charge in [-0.25, -0.2) is 13.6 Å². The molecule has 0 fully saturated rings. The Hall–Kier alpha value is -2.20. The number of benzene rings is 3. The molecule has 154 valence electrons. The lowest BCUT2D eigenvalue weighted by molar-refractivity contribution is 0.461. The molecule has 0 saturated carbocycles. The number of nitrogens with zero attached hydrogens (tertiary/aromatic N) is 2. The summed E-state index contributed by atoms with van der Waals surface area (Å²) in [7, 11) is -3.78. The van der Waals surface area contributed by atoms with E-state index < -0.39 is 10.0 Å². The van der Waals surface area contributed by atoms with Gasteiger partial charge < -0.3 is 5.11 Å². The van der Waals surface area contributed by atoms with Crippen LogP contribution in [0, 0.1) is 0 Å². The maximum Gasteiger partial charge on any atom is 0.238 e. The summed E-state index contributed by atoms with van der Waals surface area (Å²) in [6, 6.07) is 19.1. The Balaban J connectivity index is 1.79. The highest BCUT2D eigenvalue weighted by atomic mass is 79.9. The van der Waals surface area contributed by atoms with Gasteiger partial charge in [0.1, 0.15) is 5.75 Å². The molecule has 9 heteroatoms. The van der Waals surface area contributed by atoms with E-state index in [4.69, 9.17) is 10.2 Å². The molecule has 0 aliphatic carbocycles. The first kappa shape index (κ1) is 21.0. The number of hydrazone groups is 1. The number of phenolic OH excluding ortho intramolecular Hbond substituents is 1. The van der Waals surface area contributed by atoms with Crippen molar-refractivity contribution < 1.29 is 13.5 Å². The van der Waals surface area contributed by atoms with Crippen LogP contribution in [0.5, 0.6) is 5.75 Å². The molecule has 0 aromatic heterocycles. The summed E-state index contributed by atoms with van der Waals surface area (Å²) in [5, 5.41) is 22.3. The zero-order valence-electron chi connectivity index (χ0n) is 15.5. The fourth-order valence-corrected chi connectivity index (χ4v) is 4.55. The number of hydrogen-bond acceptors (Lipinski definition) is 5. The van der Waals surface area contributed by atoms with Gasteiger partial charge in [0.25, 0.3) is 0 Å². The molecule has 0 radical (unpaired) electrons. The van der Waals surface area contributed by atoms with Crippen LogP contribution in [0.25, 0.3) is 0 Å². The molecule has 30 heavy (non-hydrogen) atoms. The predicted molar refractivity (Wildman–Crippen MR) is 124 cm³/mol. The Morgan fingerprint density at radius 1 is 0.967 bits per heavy atom. The Kier molecular flexibility index (Phi) is 5.71. The first-order valence-corrected chi connectivity index (χ1v) is 12.1. The molecule has 6 nitrogen and oxygen atoms in total. The SMILES string of the molecule is NS(=O)(=O)c1ccc(N2N=C(c3ccc(Br)cc3)CC2c2cc(Br)ccc2O)cc1. The Labute approximate surface area is 191 Å². The lowest BCUT2D eigenvalue weighted by atomic mass is 9.97. The molecule has 1 atom stereocenters. The topological polar surface area (TPSA) is 96.0 Å². The van der Waals surface area contributed by atoms with Crippen molar-refractivity contribution in [2.24, 2.45) is 10.2 Å². The maximum atomic E-state index is 11.6. The molecular weight excluding hydrogens is 534 g/mol. The number of halogens is 2. The van der Waals surface area contributed by atoms with Crippen LogP contribution in [-0.2, 0) is 10.0 Å². The van der Waals surface area contributed by atoms with Gasteiger partial charge in [-0.15, -0.1) is 0 Å². The van der Waals surface area contributed by atoms with Gasteiger partial charge in [-0.1, -0.05) is 44.0 Å². The minimum atomic E-state index is -3.78. The van der Waals surface area contributed by atoms with Gasteiger partial charge in [-0.05, 0) is 60.2 Å². The summed E-state index contributed by atoms with van der Waals surface area (Å²) in [6.07, 6.45) is 0.572. The van der Waals surface area contributed by atoms with Crippen LogP contribution in [-0.4, -0.2) is 19.2 Å². The van der Waals surface area contributed by atoms with Crippen molar-refractivity contribution in [3.8, 4) is 5.75 Å². The minimum absolute atomic E-state index is 0.0319. The number of hydrogen-bond donors (Lipinski definition) is 2. The second-order valence-electron chi connectivity index (χ2n) is 6.86. The van der Waals surface area contributed by atoms with E-state index in [2.05, 4.69) is 31.9 Å². The van der Waals surface area contributed by atoms with Crippen molar-refractivity contribution in [2.45, 2.75) is 17.4 Å². The molecule has 0 saturated heterocycles. The number of aromatic hydroxyl groups is 1. The van der Waals surface area contributed by atoms with E-state index in [1.165, 1.54) is 12.1 Å². The van der Waals surface area contributed by atoms with Crippen molar-refractivity contribution in [2.75, 3.05) is 5.01 Å². The third-order valence-corrected chi connectivity index (χ3v) is 6.82. The van der Waals surface area contributed by atoms with Gasteiger partial charge in [-0.3, -0.25) is 5.01 Å². The van der Waals surface area contributed by atoms with Crippen molar-refractivity contribution in [3.63, 3.8) is 0 Å². The lowest BCUT2D eigenvalue weighted by Crippen LogP contribution is -2.19. The number of anilines is 1. The van der Waals surface area contributed by atoms with Crippen LogP contribution in [0.4, 0.5) is 5.69 Å². The third-order valence-electron chi connectivity index (χ3n) is 4.87. The molecule has 1 unspecified atom stereocenters. The summed E-state index contributed by atoms with van der Waals surface area (Å²) in [4.78, 5) is 0.0319. The smallest absolute Gasteiger partial charge is 0.238 e.